The van der Waals surface area contributed by atoms with Crippen LogP contribution in [0.3, 0.4) is 0 Å². The Balaban J connectivity index is 2.24. The quantitative estimate of drug-likeness (QED) is 0.449. The van der Waals surface area contributed by atoms with E-state index in [0.717, 1.165) is 38.0 Å². The molecule has 1 heterocycles. The number of hydrogen-bond donors (Lipinski definition) is 1. The molecule has 1 saturated heterocycles. The molecule has 2 nitrogen and oxygen atoms in total. The Morgan fingerprint density at radius 2 is 1.89 bits per heavy atom. The molecule has 158 valence electrons. The van der Waals surface area contributed by atoms with Crippen molar-refractivity contribution in [2.24, 2.45) is 11.8 Å². The highest BCUT2D eigenvalue weighted by Crippen LogP contribution is 2.43. The van der Waals surface area contributed by atoms with E-state index in [2.05, 4.69) is 44.1 Å². The van der Waals surface area contributed by atoms with Crippen molar-refractivity contribution in [3.63, 3.8) is 0 Å². The van der Waals surface area contributed by atoms with Crippen molar-refractivity contribution in [2.75, 3.05) is 26.7 Å². The van der Waals surface area contributed by atoms with Gasteiger partial charge in [0.15, 0.2) is 0 Å². The predicted molar refractivity (Wildman–Crippen MR) is 120 cm³/mol. The van der Waals surface area contributed by atoms with Gasteiger partial charge in [0.25, 0.3) is 0 Å². The number of nitrogens with zero attached hydrogens (tertiary/aromatic N) is 1. The van der Waals surface area contributed by atoms with Gasteiger partial charge in [-0.3, -0.25) is 4.90 Å². The number of halogens is 1. The maximum absolute atomic E-state index is 13.5. The van der Waals surface area contributed by atoms with Crippen LogP contribution in [0.5, 0.6) is 0 Å². The fourth-order valence-corrected chi connectivity index (χ4v) is 4.33. The Morgan fingerprint density at radius 1 is 1.21 bits per heavy atom. The normalized spacial score (nSPS) is 22.6. The van der Waals surface area contributed by atoms with Crippen LogP contribution in [0.1, 0.15) is 66.2 Å². The summed E-state index contributed by atoms with van der Waals surface area (Å²) in [5.41, 5.74) is 5.19. The van der Waals surface area contributed by atoms with Crippen molar-refractivity contribution in [1.29, 1.82) is 0 Å². The van der Waals surface area contributed by atoms with Gasteiger partial charge in [0, 0.05) is 18.5 Å². The fourth-order valence-electron chi connectivity index (χ4n) is 4.33. The van der Waals surface area contributed by atoms with Gasteiger partial charge in [-0.1, -0.05) is 49.6 Å². The van der Waals surface area contributed by atoms with Gasteiger partial charge in [-0.2, -0.15) is 0 Å². The number of nitrogens with one attached hydrogen (secondary N) is 1. The highest BCUT2D eigenvalue weighted by molar-refractivity contribution is 5.38. The Morgan fingerprint density at radius 3 is 2.39 bits per heavy atom. The molecule has 2 rings (SSSR count). The number of allylic oxidation sites excluding steroid dienone is 5. The summed E-state index contributed by atoms with van der Waals surface area (Å²) in [5, 5.41) is 3.42. The summed E-state index contributed by atoms with van der Waals surface area (Å²) in [6.07, 6.45) is 14.4. The topological polar surface area (TPSA) is 15.3 Å². The summed E-state index contributed by atoms with van der Waals surface area (Å²) in [5.74, 6) is 0.780. The summed E-state index contributed by atoms with van der Waals surface area (Å²) in [6, 6.07) is 0.663. The molecule has 0 radical (unpaired) electrons. The fraction of sp³-hybridized carbons (Fsp3) is 0.680. The van der Waals surface area contributed by atoms with E-state index in [1.807, 2.05) is 19.1 Å². The van der Waals surface area contributed by atoms with E-state index in [4.69, 9.17) is 0 Å². The monoisotopic (exact) mass is 388 g/mol. The van der Waals surface area contributed by atoms with E-state index >= 15 is 0 Å². The molecule has 1 saturated carbocycles. The van der Waals surface area contributed by atoms with E-state index in [0.29, 0.717) is 12.0 Å². The number of piperidine rings is 1. The SMILES string of the molecule is C/C=C\C(=C/F)C(C)/C(=C\C(CN1CCC(NC)CC1)=C(/C)CCC)C1CC1. The van der Waals surface area contributed by atoms with Crippen molar-refractivity contribution in [2.45, 2.75) is 72.3 Å². The Bertz CT molecular complexity index is 602. The molecule has 2 fully saturated rings. The maximum atomic E-state index is 13.5. The molecule has 1 aliphatic heterocycles. The zero-order valence-corrected chi connectivity index (χ0v) is 18.7. The van der Waals surface area contributed by atoms with Gasteiger partial charge < -0.3 is 5.32 Å². The second kappa shape index (κ2) is 11.7. The molecule has 0 aromatic carbocycles. The molecule has 3 heteroatoms. The number of hydrogen-bond acceptors (Lipinski definition) is 2. The van der Waals surface area contributed by atoms with Crippen LogP contribution in [0, 0.1) is 11.8 Å². The molecule has 0 aromatic heterocycles. The molecule has 1 aliphatic carbocycles. The maximum Gasteiger partial charge on any atom is 0.0904 e. The minimum absolute atomic E-state index is 0.146. The highest BCUT2D eigenvalue weighted by Gasteiger charge is 2.30. The van der Waals surface area contributed by atoms with Gasteiger partial charge in [-0.15, -0.1) is 0 Å². The second-order valence-corrected chi connectivity index (χ2v) is 8.64. The second-order valence-electron chi connectivity index (χ2n) is 8.64. The lowest BCUT2D eigenvalue weighted by atomic mass is 9.87. The predicted octanol–water partition coefficient (Wildman–Crippen LogP) is 6.19. The number of likely N-dealkylation sites (tertiary alicyclic amines) is 1. The van der Waals surface area contributed by atoms with Gasteiger partial charge in [-0.05, 0) is 83.2 Å². The molecule has 1 N–H and O–H groups in total. The first-order valence-corrected chi connectivity index (χ1v) is 11.3. The smallest absolute Gasteiger partial charge is 0.0904 e. The Hall–Kier alpha value is -1.19. The van der Waals surface area contributed by atoms with E-state index < -0.39 is 0 Å². The molecule has 0 spiro atoms. The van der Waals surface area contributed by atoms with Crippen LogP contribution in [0.25, 0.3) is 0 Å². The van der Waals surface area contributed by atoms with Crippen LogP contribution in [0.2, 0.25) is 0 Å². The molecule has 0 aromatic rings. The van der Waals surface area contributed by atoms with E-state index in [9.17, 15) is 4.39 Å². The van der Waals surface area contributed by atoms with E-state index in [1.165, 1.54) is 48.8 Å². The zero-order chi connectivity index (χ0) is 20.5. The van der Waals surface area contributed by atoms with Crippen LogP contribution in [-0.2, 0) is 0 Å². The lowest BCUT2D eigenvalue weighted by Gasteiger charge is -2.32. The third-order valence-electron chi connectivity index (χ3n) is 6.44. The molecule has 28 heavy (non-hydrogen) atoms. The molecular formula is C25H41FN2. The summed E-state index contributed by atoms with van der Waals surface area (Å²) in [4.78, 5) is 2.60. The zero-order valence-electron chi connectivity index (χ0n) is 18.7. The average molecular weight is 389 g/mol. The summed E-state index contributed by atoms with van der Waals surface area (Å²) >= 11 is 0. The average Bonchev–Trinajstić information content (AvgIpc) is 3.54. The van der Waals surface area contributed by atoms with Gasteiger partial charge in [-0.25, -0.2) is 4.39 Å². The van der Waals surface area contributed by atoms with Crippen LogP contribution < -0.4 is 5.32 Å². The summed E-state index contributed by atoms with van der Waals surface area (Å²) in [6.45, 7) is 12.0. The number of rotatable bonds is 10. The molecule has 1 atom stereocenters. The van der Waals surface area contributed by atoms with Crippen LogP contribution in [-0.4, -0.2) is 37.6 Å². The molecule has 0 amide bonds. The van der Waals surface area contributed by atoms with E-state index in [1.54, 1.807) is 0 Å². The third-order valence-corrected chi connectivity index (χ3v) is 6.44. The van der Waals surface area contributed by atoms with Gasteiger partial charge >= 0.3 is 0 Å². The lowest BCUT2D eigenvalue weighted by Crippen LogP contribution is -2.41. The minimum Gasteiger partial charge on any atom is -0.317 e. The molecule has 0 bridgehead atoms. The van der Waals surface area contributed by atoms with Crippen molar-refractivity contribution >= 4 is 0 Å². The first-order valence-electron chi connectivity index (χ1n) is 11.3. The highest BCUT2D eigenvalue weighted by atomic mass is 19.1. The van der Waals surface area contributed by atoms with Crippen molar-refractivity contribution in [3.05, 3.63) is 46.9 Å². The Kier molecular flexibility index (Phi) is 9.67. The van der Waals surface area contributed by atoms with Crippen LogP contribution in [0.15, 0.2) is 46.9 Å². The van der Waals surface area contributed by atoms with Crippen LogP contribution in [0.4, 0.5) is 4.39 Å². The van der Waals surface area contributed by atoms with Gasteiger partial charge in [0.05, 0.1) is 6.33 Å². The lowest BCUT2D eigenvalue weighted by molar-refractivity contribution is 0.217. The van der Waals surface area contributed by atoms with Crippen LogP contribution >= 0.6 is 0 Å². The first-order chi connectivity index (χ1) is 13.5. The third kappa shape index (κ3) is 6.70. The summed E-state index contributed by atoms with van der Waals surface area (Å²) < 4.78 is 13.5. The van der Waals surface area contributed by atoms with Gasteiger partial charge in [0.2, 0.25) is 0 Å². The minimum atomic E-state index is 0.146. The molecule has 2 aliphatic rings. The molecular weight excluding hydrogens is 347 g/mol. The van der Waals surface area contributed by atoms with Crippen molar-refractivity contribution in [1.82, 2.24) is 10.2 Å². The van der Waals surface area contributed by atoms with Crippen molar-refractivity contribution in [3.8, 4) is 0 Å². The molecule has 1 unspecified atom stereocenters. The van der Waals surface area contributed by atoms with E-state index in [-0.39, 0.29) is 5.92 Å². The Labute approximate surface area is 172 Å². The standard InChI is InChI=1S/C25H41FN2/c1-6-8-19(3)23(18-28-14-12-24(27-5)13-15-28)16-25(21-10-11-21)20(4)22(17-26)9-7-2/h7,9,16-17,20-21,24,27H,6,8,10-15,18H2,1-5H3/b9-7-,22-17+,23-19-,25-16+. The van der Waals surface area contributed by atoms with Gasteiger partial charge in [0.1, 0.15) is 0 Å². The van der Waals surface area contributed by atoms with Crippen molar-refractivity contribution < 1.29 is 4.39 Å². The largest absolute Gasteiger partial charge is 0.317 e. The summed E-state index contributed by atoms with van der Waals surface area (Å²) in [7, 11) is 2.07. The first kappa shape index (κ1) is 23.1.